The van der Waals surface area contributed by atoms with Crippen molar-refractivity contribution < 1.29 is 9.53 Å². The second-order valence-corrected chi connectivity index (χ2v) is 4.56. The van der Waals surface area contributed by atoms with Crippen molar-refractivity contribution in [2.24, 2.45) is 5.92 Å². The van der Waals surface area contributed by atoms with E-state index < -0.39 is 0 Å². The third-order valence-corrected chi connectivity index (χ3v) is 3.47. The number of benzene rings is 1. The van der Waals surface area contributed by atoms with E-state index in [0.717, 1.165) is 18.0 Å². The first kappa shape index (κ1) is 9.70. The van der Waals surface area contributed by atoms with Gasteiger partial charge in [-0.15, -0.1) is 0 Å². The molecular formula is C13H15NO2. The van der Waals surface area contributed by atoms with Crippen LogP contribution in [0.25, 0.3) is 0 Å². The topological polar surface area (TPSA) is 29.5 Å². The Morgan fingerprint density at radius 1 is 1.31 bits per heavy atom. The summed E-state index contributed by atoms with van der Waals surface area (Å²) in [7, 11) is 0. The maximum Gasteiger partial charge on any atom is 0.265 e. The van der Waals surface area contributed by atoms with Crippen molar-refractivity contribution in [2.45, 2.75) is 19.3 Å². The highest BCUT2D eigenvalue weighted by Gasteiger charge is 2.29. The molecule has 0 atom stereocenters. The maximum absolute atomic E-state index is 11.8. The number of hydrogen-bond donors (Lipinski definition) is 0. The second kappa shape index (κ2) is 3.81. The minimum Gasteiger partial charge on any atom is -0.482 e. The fourth-order valence-corrected chi connectivity index (χ4v) is 2.29. The molecular weight excluding hydrogens is 202 g/mol. The number of amides is 1. The lowest BCUT2D eigenvalue weighted by Crippen LogP contribution is -2.42. The van der Waals surface area contributed by atoms with Gasteiger partial charge in [0.25, 0.3) is 5.91 Å². The predicted molar refractivity (Wildman–Crippen MR) is 61.6 cm³/mol. The number of hydrogen-bond acceptors (Lipinski definition) is 2. The lowest BCUT2D eigenvalue weighted by atomic mass is 9.85. The van der Waals surface area contributed by atoms with Crippen molar-refractivity contribution in [1.82, 2.24) is 0 Å². The normalized spacial score (nSPS) is 20.0. The van der Waals surface area contributed by atoms with Gasteiger partial charge in [0.05, 0.1) is 5.69 Å². The number of ether oxygens (including phenoxy) is 1. The summed E-state index contributed by atoms with van der Waals surface area (Å²) in [5, 5.41) is 0. The fourth-order valence-electron chi connectivity index (χ4n) is 2.29. The van der Waals surface area contributed by atoms with Gasteiger partial charge >= 0.3 is 0 Å². The molecule has 1 aliphatic heterocycles. The van der Waals surface area contributed by atoms with E-state index in [9.17, 15) is 4.79 Å². The number of carbonyl (C=O) groups is 1. The van der Waals surface area contributed by atoms with Crippen LogP contribution in [0.4, 0.5) is 5.69 Å². The molecule has 1 aromatic rings. The summed E-state index contributed by atoms with van der Waals surface area (Å²) in [4.78, 5) is 13.7. The average molecular weight is 217 g/mol. The highest BCUT2D eigenvalue weighted by Crippen LogP contribution is 2.35. The molecule has 0 radical (unpaired) electrons. The van der Waals surface area contributed by atoms with Gasteiger partial charge in [-0.05, 0) is 30.9 Å². The number of fused-ring (bicyclic) bond motifs is 1. The van der Waals surface area contributed by atoms with E-state index in [1.165, 1.54) is 19.3 Å². The summed E-state index contributed by atoms with van der Waals surface area (Å²) in [6, 6.07) is 7.78. The zero-order valence-electron chi connectivity index (χ0n) is 9.19. The number of rotatable bonds is 2. The zero-order chi connectivity index (χ0) is 11.0. The Bertz CT molecular complexity index is 412. The minimum atomic E-state index is 0.0885. The van der Waals surface area contributed by atoms with Crippen LogP contribution >= 0.6 is 0 Å². The summed E-state index contributed by atoms with van der Waals surface area (Å²) >= 11 is 0. The van der Waals surface area contributed by atoms with Gasteiger partial charge in [-0.3, -0.25) is 4.79 Å². The summed E-state index contributed by atoms with van der Waals surface area (Å²) in [5.41, 5.74) is 0.936. The molecule has 0 aromatic heterocycles. The van der Waals surface area contributed by atoms with Gasteiger partial charge in [-0.25, -0.2) is 0 Å². The van der Waals surface area contributed by atoms with Gasteiger partial charge < -0.3 is 9.64 Å². The van der Waals surface area contributed by atoms with Crippen molar-refractivity contribution in [3.05, 3.63) is 24.3 Å². The van der Waals surface area contributed by atoms with E-state index in [2.05, 4.69) is 0 Å². The molecule has 2 aliphatic rings. The van der Waals surface area contributed by atoms with Crippen LogP contribution in [0.3, 0.4) is 0 Å². The van der Waals surface area contributed by atoms with Crippen molar-refractivity contribution in [2.75, 3.05) is 18.1 Å². The van der Waals surface area contributed by atoms with Crippen LogP contribution in [-0.4, -0.2) is 19.1 Å². The molecule has 84 valence electrons. The molecule has 1 fully saturated rings. The largest absolute Gasteiger partial charge is 0.482 e. The van der Waals surface area contributed by atoms with Gasteiger partial charge in [0.2, 0.25) is 0 Å². The Labute approximate surface area is 95.0 Å². The van der Waals surface area contributed by atoms with E-state index in [4.69, 9.17) is 4.74 Å². The second-order valence-electron chi connectivity index (χ2n) is 4.56. The van der Waals surface area contributed by atoms with Crippen LogP contribution in [-0.2, 0) is 4.79 Å². The first-order valence-electron chi connectivity index (χ1n) is 5.87. The van der Waals surface area contributed by atoms with Crippen molar-refractivity contribution in [1.29, 1.82) is 0 Å². The molecule has 3 nitrogen and oxygen atoms in total. The smallest absolute Gasteiger partial charge is 0.265 e. The Morgan fingerprint density at radius 2 is 2.12 bits per heavy atom. The molecule has 1 aliphatic carbocycles. The molecule has 1 aromatic carbocycles. The lowest BCUT2D eigenvalue weighted by molar-refractivity contribution is -0.121. The van der Waals surface area contributed by atoms with Gasteiger partial charge in [0, 0.05) is 6.54 Å². The van der Waals surface area contributed by atoms with E-state index in [0.29, 0.717) is 5.92 Å². The molecule has 0 saturated heterocycles. The number of carbonyl (C=O) groups excluding carboxylic acids is 1. The molecule has 0 bridgehead atoms. The quantitative estimate of drug-likeness (QED) is 0.760. The van der Waals surface area contributed by atoms with Crippen LogP contribution < -0.4 is 9.64 Å². The molecule has 3 rings (SSSR count). The van der Waals surface area contributed by atoms with Crippen molar-refractivity contribution >= 4 is 11.6 Å². The number of anilines is 1. The molecule has 1 amide bonds. The van der Waals surface area contributed by atoms with Crippen LogP contribution in [0.15, 0.2) is 24.3 Å². The SMILES string of the molecule is O=C1COc2ccccc2N1CC1CCC1. The Kier molecular flexibility index (Phi) is 2.31. The first-order chi connectivity index (χ1) is 7.84. The molecule has 1 saturated carbocycles. The zero-order valence-corrected chi connectivity index (χ0v) is 9.19. The summed E-state index contributed by atoms with van der Waals surface area (Å²) in [6.07, 6.45) is 3.82. The first-order valence-corrected chi connectivity index (χ1v) is 5.87. The van der Waals surface area contributed by atoms with Crippen LogP contribution in [0.2, 0.25) is 0 Å². The van der Waals surface area contributed by atoms with E-state index in [-0.39, 0.29) is 12.5 Å². The third-order valence-electron chi connectivity index (χ3n) is 3.47. The standard InChI is InChI=1S/C13H15NO2/c15-13-9-16-12-7-2-1-6-11(12)14(13)8-10-4-3-5-10/h1-2,6-7,10H,3-5,8-9H2. The molecule has 16 heavy (non-hydrogen) atoms. The van der Waals surface area contributed by atoms with Gasteiger partial charge in [0.1, 0.15) is 5.75 Å². The molecule has 3 heteroatoms. The Balaban J connectivity index is 1.87. The third kappa shape index (κ3) is 1.56. The summed E-state index contributed by atoms with van der Waals surface area (Å²) in [5.74, 6) is 1.61. The number of nitrogens with zero attached hydrogens (tertiary/aromatic N) is 1. The monoisotopic (exact) mass is 217 g/mol. The van der Waals surface area contributed by atoms with Crippen LogP contribution in [0.5, 0.6) is 5.75 Å². The highest BCUT2D eigenvalue weighted by atomic mass is 16.5. The Morgan fingerprint density at radius 3 is 2.88 bits per heavy atom. The van der Waals surface area contributed by atoms with E-state index >= 15 is 0 Å². The summed E-state index contributed by atoms with van der Waals surface area (Å²) in [6.45, 7) is 1.04. The molecule has 1 heterocycles. The van der Waals surface area contributed by atoms with Crippen LogP contribution in [0.1, 0.15) is 19.3 Å². The van der Waals surface area contributed by atoms with Gasteiger partial charge in [-0.1, -0.05) is 18.6 Å². The fraction of sp³-hybridized carbons (Fsp3) is 0.462. The van der Waals surface area contributed by atoms with Crippen LogP contribution in [0, 0.1) is 5.92 Å². The van der Waals surface area contributed by atoms with E-state index in [1.54, 1.807) is 0 Å². The molecule has 0 N–H and O–H groups in total. The highest BCUT2D eigenvalue weighted by molar-refractivity contribution is 5.97. The predicted octanol–water partition coefficient (Wildman–Crippen LogP) is 2.21. The van der Waals surface area contributed by atoms with Crippen molar-refractivity contribution in [3.63, 3.8) is 0 Å². The van der Waals surface area contributed by atoms with E-state index in [1.807, 2.05) is 29.2 Å². The Hall–Kier alpha value is -1.51. The maximum atomic E-state index is 11.8. The van der Waals surface area contributed by atoms with Crippen molar-refractivity contribution in [3.8, 4) is 5.75 Å². The summed E-state index contributed by atoms with van der Waals surface area (Å²) < 4.78 is 5.41. The lowest BCUT2D eigenvalue weighted by Gasteiger charge is -2.35. The van der Waals surface area contributed by atoms with Gasteiger partial charge in [0.15, 0.2) is 6.61 Å². The number of para-hydroxylation sites is 2. The molecule has 0 unspecified atom stereocenters. The average Bonchev–Trinajstić information content (AvgIpc) is 2.25. The van der Waals surface area contributed by atoms with Gasteiger partial charge in [-0.2, -0.15) is 0 Å². The molecule has 0 spiro atoms. The minimum absolute atomic E-state index is 0.0885.